The third-order valence-electron chi connectivity index (χ3n) is 3.15. The minimum absolute atomic E-state index is 0.401. The summed E-state index contributed by atoms with van der Waals surface area (Å²) < 4.78 is 10.4. The standard InChI is InChI=1S/C10H19NO2/c1-10(6-13-7-10)5-11-8-3-9(4-8)12-2/h8-9,11H,3-7H2,1-2H3. The SMILES string of the molecule is COC1CC(NCC2(C)COC2)C1. The van der Waals surface area contributed by atoms with Gasteiger partial charge in [0.15, 0.2) is 0 Å². The van der Waals surface area contributed by atoms with Crippen LogP contribution < -0.4 is 5.32 Å². The van der Waals surface area contributed by atoms with E-state index in [0.717, 1.165) is 19.8 Å². The van der Waals surface area contributed by atoms with Crippen LogP contribution in [0.3, 0.4) is 0 Å². The zero-order valence-corrected chi connectivity index (χ0v) is 8.51. The number of hydrogen-bond donors (Lipinski definition) is 1. The molecule has 3 heteroatoms. The van der Waals surface area contributed by atoms with Crippen molar-refractivity contribution in [1.29, 1.82) is 0 Å². The van der Waals surface area contributed by atoms with E-state index in [1.807, 2.05) is 0 Å². The van der Waals surface area contributed by atoms with Crippen molar-refractivity contribution in [2.75, 3.05) is 26.9 Å². The molecule has 0 radical (unpaired) electrons. The fourth-order valence-corrected chi connectivity index (χ4v) is 1.87. The lowest BCUT2D eigenvalue weighted by molar-refractivity contribution is -0.103. The molecule has 1 saturated heterocycles. The predicted molar refractivity (Wildman–Crippen MR) is 50.7 cm³/mol. The van der Waals surface area contributed by atoms with Crippen LogP contribution in [-0.4, -0.2) is 39.0 Å². The van der Waals surface area contributed by atoms with Crippen molar-refractivity contribution in [2.24, 2.45) is 5.41 Å². The molecule has 0 bridgehead atoms. The fraction of sp³-hybridized carbons (Fsp3) is 1.00. The van der Waals surface area contributed by atoms with Gasteiger partial charge in [-0.25, -0.2) is 0 Å². The van der Waals surface area contributed by atoms with Gasteiger partial charge in [0.1, 0.15) is 0 Å². The highest BCUT2D eigenvalue weighted by atomic mass is 16.5. The summed E-state index contributed by atoms with van der Waals surface area (Å²) in [6, 6.07) is 0.683. The Kier molecular flexibility index (Phi) is 2.58. The molecule has 1 aliphatic carbocycles. The quantitative estimate of drug-likeness (QED) is 0.702. The zero-order valence-electron chi connectivity index (χ0n) is 8.51. The maximum Gasteiger partial charge on any atom is 0.0601 e. The van der Waals surface area contributed by atoms with Crippen LogP contribution in [0.15, 0.2) is 0 Å². The van der Waals surface area contributed by atoms with Crippen LogP contribution in [-0.2, 0) is 9.47 Å². The van der Waals surface area contributed by atoms with E-state index in [1.54, 1.807) is 7.11 Å². The molecule has 0 aromatic heterocycles. The van der Waals surface area contributed by atoms with Gasteiger partial charge < -0.3 is 14.8 Å². The summed E-state index contributed by atoms with van der Waals surface area (Å²) in [6.45, 7) is 5.20. The number of nitrogens with one attached hydrogen (secondary N) is 1. The Hall–Kier alpha value is -0.120. The van der Waals surface area contributed by atoms with Gasteiger partial charge in [-0.2, -0.15) is 0 Å². The average Bonchev–Trinajstić information content (AvgIpc) is 1.99. The van der Waals surface area contributed by atoms with Gasteiger partial charge >= 0.3 is 0 Å². The molecular formula is C10H19NO2. The highest BCUT2D eigenvalue weighted by Gasteiger charge is 2.36. The van der Waals surface area contributed by atoms with Gasteiger partial charge in [-0.1, -0.05) is 6.92 Å². The minimum Gasteiger partial charge on any atom is -0.381 e. The van der Waals surface area contributed by atoms with E-state index in [2.05, 4.69) is 12.2 Å². The molecule has 13 heavy (non-hydrogen) atoms. The second kappa shape index (κ2) is 3.56. The monoisotopic (exact) mass is 185 g/mol. The van der Waals surface area contributed by atoms with Crippen LogP contribution in [0, 0.1) is 5.41 Å². The Morgan fingerprint density at radius 3 is 2.62 bits per heavy atom. The van der Waals surface area contributed by atoms with Gasteiger partial charge in [-0.3, -0.25) is 0 Å². The van der Waals surface area contributed by atoms with E-state index in [9.17, 15) is 0 Å². The van der Waals surface area contributed by atoms with Crippen molar-refractivity contribution < 1.29 is 9.47 Å². The molecule has 0 aromatic carbocycles. The average molecular weight is 185 g/mol. The zero-order chi connectivity index (χ0) is 9.31. The lowest BCUT2D eigenvalue weighted by atomic mass is 9.85. The molecule has 1 N–H and O–H groups in total. The lowest BCUT2D eigenvalue weighted by Crippen LogP contribution is -2.53. The van der Waals surface area contributed by atoms with Crippen LogP contribution in [0.1, 0.15) is 19.8 Å². The number of methoxy groups -OCH3 is 1. The van der Waals surface area contributed by atoms with Crippen LogP contribution in [0.2, 0.25) is 0 Å². The van der Waals surface area contributed by atoms with Gasteiger partial charge in [-0.05, 0) is 12.8 Å². The van der Waals surface area contributed by atoms with Crippen molar-refractivity contribution >= 4 is 0 Å². The highest BCUT2D eigenvalue weighted by molar-refractivity contribution is 4.90. The Morgan fingerprint density at radius 1 is 1.46 bits per heavy atom. The maximum absolute atomic E-state index is 5.22. The van der Waals surface area contributed by atoms with E-state index >= 15 is 0 Å². The second-order valence-corrected chi connectivity index (χ2v) is 4.71. The number of ether oxygens (including phenoxy) is 2. The molecule has 2 rings (SSSR count). The molecule has 0 atom stereocenters. The molecule has 1 saturated carbocycles. The van der Waals surface area contributed by atoms with E-state index in [4.69, 9.17) is 9.47 Å². The molecule has 2 aliphatic rings. The van der Waals surface area contributed by atoms with Crippen LogP contribution >= 0.6 is 0 Å². The van der Waals surface area contributed by atoms with Crippen LogP contribution in [0.4, 0.5) is 0 Å². The predicted octanol–water partition coefficient (Wildman–Crippen LogP) is 0.790. The lowest BCUT2D eigenvalue weighted by Gasteiger charge is -2.42. The Morgan fingerprint density at radius 2 is 2.15 bits per heavy atom. The van der Waals surface area contributed by atoms with E-state index in [0.29, 0.717) is 17.6 Å². The van der Waals surface area contributed by atoms with Crippen LogP contribution in [0.25, 0.3) is 0 Å². The highest BCUT2D eigenvalue weighted by Crippen LogP contribution is 2.28. The summed E-state index contributed by atoms with van der Waals surface area (Å²) in [4.78, 5) is 0. The first-order valence-corrected chi connectivity index (χ1v) is 5.06. The third kappa shape index (κ3) is 2.03. The summed E-state index contributed by atoms with van der Waals surface area (Å²) in [5.74, 6) is 0. The third-order valence-corrected chi connectivity index (χ3v) is 3.15. The molecule has 0 spiro atoms. The molecule has 1 heterocycles. The Bertz CT molecular complexity index is 174. The maximum atomic E-state index is 5.22. The van der Waals surface area contributed by atoms with Crippen molar-refractivity contribution in [2.45, 2.75) is 31.9 Å². The van der Waals surface area contributed by atoms with Crippen LogP contribution in [0.5, 0.6) is 0 Å². The van der Waals surface area contributed by atoms with Crippen molar-refractivity contribution in [3.8, 4) is 0 Å². The first kappa shape index (κ1) is 9.44. The number of rotatable bonds is 4. The fourth-order valence-electron chi connectivity index (χ4n) is 1.87. The first-order valence-electron chi connectivity index (χ1n) is 5.06. The largest absolute Gasteiger partial charge is 0.381 e. The second-order valence-electron chi connectivity index (χ2n) is 4.71. The minimum atomic E-state index is 0.401. The van der Waals surface area contributed by atoms with E-state index in [-0.39, 0.29) is 0 Å². The normalized spacial score (nSPS) is 36.5. The summed E-state index contributed by atoms with van der Waals surface area (Å²) in [5, 5.41) is 3.57. The molecule has 3 nitrogen and oxygen atoms in total. The summed E-state index contributed by atoms with van der Waals surface area (Å²) in [6.07, 6.45) is 2.85. The molecule has 0 unspecified atom stereocenters. The Balaban J connectivity index is 1.59. The Labute approximate surface area is 79.8 Å². The van der Waals surface area contributed by atoms with Crippen molar-refractivity contribution in [1.82, 2.24) is 5.32 Å². The molecular weight excluding hydrogens is 166 g/mol. The summed E-state index contributed by atoms with van der Waals surface area (Å²) in [5.41, 5.74) is 0.401. The molecule has 2 fully saturated rings. The van der Waals surface area contributed by atoms with Crippen molar-refractivity contribution in [3.05, 3.63) is 0 Å². The molecule has 1 aliphatic heterocycles. The van der Waals surface area contributed by atoms with Crippen molar-refractivity contribution in [3.63, 3.8) is 0 Å². The smallest absolute Gasteiger partial charge is 0.0601 e. The summed E-state index contributed by atoms with van der Waals surface area (Å²) in [7, 11) is 1.79. The topological polar surface area (TPSA) is 30.5 Å². The van der Waals surface area contributed by atoms with Gasteiger partial charge in [-0.15, -0.1) is 0 Å². The molecule has 76 valence electrons. The van der Waals surface area contributed by atoms with Gasteiger partial charge in [0.25, 0.3) is 0 Å². The number of hydrogen-bond acceptors (Lipinski definition) is 3. The van der Waals surface area contributed by atoms with Gasteiger partial charge in [0.05, 0.1) is 19.3 Å². The van der Waals surface area contributed by atoms with E-state index in [1.165, 1.54) is 12.8 Å². The molecule has 0 amide bonds. The van der Waals surface area contributed by atoms with E-state index < -0.39 is 0 Å². The first-order chi connectivity index (χ1) is 6.22. The van der Waals surface area contributed by atoms with Gasteiger partial charge in [0, 0.05) is 25.1 Å². The summed E-state index contributed by atoms with van der Waals surface area (Å²) >= 11 is 0. The van der Waals surface area contributed by atoms with Gasteiger partial charge in [0.2, 0.25) is 0 Å². The molecule has 0 aromatic rings.